The van der Waals surface area contributed by atoms with E-state index in [1.54, 1.807) is 0 Å². The Labute approximate surface area is 151 Å². The molecule has 6 nitrogen and oxygen atoms in total. The minimum absolute atomic E-state index is 0.00507. The van der Waals surface area contributed by atoms with Crippen molar-refractivity contribution in [2.75, 3.05) is 19.7 Å². The van der Waals surface area contributed by atoms with Gasteiger partial charge in [-0.05, 0) is 31.4 Å². The maximum atomic E-state index is 15.3. The summed E-state index contributed by atoms with van der Waals surface area (Å²) in [5.41, 5.74) is -0.816. The molecule has 26 heavy (non-hydrogen) atoms. The minimum atomic E-state index is -1.77. The highest BCUT2D eigenvalue weighted by atomic mass is 19.1. The smallest absolute Gasteiger partial charge is 0.266 e. The second-order valence-electron chi connectivity index (χ2n) is 7.17. The summed E-state index contributed by atoms with van der Waals surface area (Å²) in [7, 11) is 0. The van der Waals surface area contributed by atoms with Crippen LogP contribution in [0.1, 0.15) is 48.9 Å². The van der Waals surface area contributed by atoms with Gasteiger partial charge in [0.2, 0.25) is 5.67 Å². The highest BCUT2D eigenvalue weighted by Crippen LogP contribution is 2.39. The summed E-state index contributed by atoms with van der Waals surface area (Å²) < 4.78 is 26.0. The number of ether oxygens (including phenoxy) is 1. The number of carbonyl (C=O) groups excluding carboxylic acids is 1. The van der Waals surface area contributed by atoms with Crippen molar-refractivity contribution in [1.82, 2.24) is 15.0 Å². The molecule has 1 aliphatic carbocycles. The number of aromatic nitrogens is 2. The van der Waals surface area contributed by atoms with Crippen molar-refractivity contribution in [1.29, 1.82) is 0 Å². The Morgan fingerprint density at radius 2 is 2.23 bits per heavy atom. The number of carbonyl (C=O) groups is 1. The largest absolute Gasteiger partial charge is 0.484 e. The first-order chi connectivity index (χ1) is 12.5. The maximum Gasteiger partial charge on any atom is 0.266 e. The summed E-state index contributed by atoms with van der Waals surface area (Å²) in [5, 5.41) is 3.93. The molecule has 1 aromatic heterocycles. The molecule has 1 atom stereocenters. The van der Waals surface area contributed by atoms with Crippen LogP contribution in [0.3, 0.4) is 0 Å². The van der Waals surface area contributed by atoms with Gasteiger partial charge in [-0.3, -0.25) is 4.79 Å². The molecule has 1 saturated carbocycles. The van der Waals surface area contributed by atoms with Gasteiger partial charge in [-0.2, -0.15) is 4.98 Å². The fourth-order valence-corrected chi connectivity index (χ4v) is 3.36. The molecule has 2 aromatic rings. The standard InChI is InChI=1S/C19H22FN3O3/c1-13-5-2-3-8-15(13)25-11-16(24)23-10-9-19(20,12-23)18-21-17(22-26-18)14-6-4-7-14/h2-3,5,8,14H,4,6-7,9-12H2,1H3. The van der Waals surface area contributed by atoms with Gasteiger partial charge in [0.1, 0.15) is 5.75 Å². The maximum absolute atomic E-state index is 15.3. The molecule has 138 valence electrons. The highest BCUT2D eigenvalue weighted by Gasteiger charge is 2.46. The monoisotopic (exact) mass is 359 g/mol. The van der Waals surface area contributed by atoms with Crippen LogP contribution < -0.4 is 4.74 Å². The zero-order chi connectivity index (χ0) is 18.1. The molecule has 0 N–H and O–H groups in total. The van der Waals surface area contributed by atoms with Gasteiger partial charge < -0.3 is 14.2 Å². The van der Waals surface area contributed by atoms with Crippen molar-refractivity contribution < 1.29 is 18.4 Å². The molecular weight excluding hydrogens is 337 g/mol. The quantitative estimate of drug-likeness (QED) is 0.820. The molecule has 0 bridgehead atoms. The lowest BCUT2D eigenvalue weighted by molar-refractivity contribution is -0.133. The molecule has 1 saturated heterocycles. The molecule has 4 rings (SSSR count). The number of aryl methyl sites for hydroxylation is 1. The van der Waals surface area contributed by atoms with Crippen molar-refractivity contribution in [3.8, 4) is 5.75 Å². The van der Waals surface area contributed by atoms with Crippen molar-refractivity contribution >= 4 is 5.91 Å². The number of nitrogens with zero attached hydrogens (tertiary/aromatic N) is 3. The lowest BCUT2D eigenvalue weighted by atomic mass is 9.85. The van der Waals surface area contributed by atoms with Crippen LogP contribution in [0.25, 0.3) is 0 Å². The second-order valence-corrected chi connectivity index (χ2v) is 7.17. The lowest BCUT2D eigenvalue weighted by Gasteiger charge is -2.21. The van der Waals surface area contributed by atoms with E-state index < -0.39 is 5.67 Å². The van der Waals surface area contributed by atoms with Crippen LogP contribution in [0.5, 0.6) is 5.75 Å². The molecule has 7 heteroatoms. The van der Waals surface area contributed by atoms with Crippen molar-refractivity contribution in [2.24, 2.45) is 0 Å². The highest BCUT2D eigenvalue weighted by molar-refractivity contribution is 5.78. The third kappa shape index (κ3) is 3.18. The van der Waals surface area contributed by atoms with Gasteiger partial charge in [-0.25, -0.2) is 4.39 Å². The lowest BCUT2D eigenvalue weighted by Crippen LogP contribution is -2.35. The molecule has 1 aromatic carbocycles. The van der Waals surface area contributed by atoms with Gasteiger partial charge in [0.15, 0.2) is 12.4 Å². The topological polar surface area (TPSA) is 68.5 Å². The second kappa shape index (κ2) is 6.70. The fourth-order valence-electron chi connectivity index (χ4n) is 3.36. The molecule has 2 aliphatic rings. The van der Waals surface area contributed by atoms with Crippen molar-refractivity contribution in [3.05, 3.63) is 41.5 Å². The van der Waals surface area contributed by atoms with E-state index >= 15 is 4.39 Å². The van der Waals surface area contributed by atoms with Crippen LogP contribution >= 0.6 is 0 Å². The Morgan fingerprint density at radius 1 is 1.42 bits per heavy atom. The number of hydrogen-bond acceptors (Lipinski definition) is 5. The molecule has 2 fully saturated rings. The van der Waals surface area contributed by atoms with E-state index in [0.717, 1.165) is 24.8 Å². The summed E-state index contributed by atoms with van der Waals surface area (Å²) in [6, 6.07) is 7.48. The van der Waals surface area contributed by atoms with E-state index in [-0.39, 0.29) is 37.3 Å². The summed E-state index contributed by atoms with van der Waals surface area (Å²) in [4.78, 5) is 18.1. The van der Waals surface area contributed by atoms with Gasteiger partial charge >= 0.3 is 0 Å². The molecule has 1 aliphatic heterocycles. The zero-order valence-corrected chi connectivity index (χ0v) is 14.8. The van der Waals surface area contributed by atoms with E-state index in [2.05, 4.69) is 10.1 Å². The molecule has 2 heterocycles. The SMILES string of the molecule is Cc1ccccc1OCC(=O)N1CCC(F)(c2nc(C3CCC3)no2)C1. The Bertz CT molecular complexity index is 805. The predicted molar refractivity (Wildman–Crippen MR) is 91.5 cm³/mol. The number of para-hydroxylation sites is 1. The molecule has 1 amide bonds. The number of benzene rings is 1. The summed E-state index contributed by atoms with van der Waals surface area (Å²) in [6.45, 7) is 2.04. The first-order valence-corrected chi connectivity index (χ1v) is 9.04. The average molecular weight is 359 g/mol. The van der Waals surface area contributed by atoms with Crippen molar-refractivity contribution in [3.63, 3.8) is 0 Å². The molecular formula is C19H22FN3O3. The Balaban J connectivity index is 1.37. The van der Waals surface area contributed by atoms with Crippen LogP contribution in [0.2, 0.25) is 0 Å². The number of halogens is 1. The molecule has 0 spiro atoms. The van der Waals surface area contributed by atoms with Crippen LogP contribution in [0, 0.1) is 6.92 Å². The van der Waals surface area contributed by atoms with Crippen LogP contribution in [-0.2, 0) is 10.5 Å². The van der Waals surface area contributed by atoms with E-state index in [1.807, 2.05) is 31.2 Å². The Morgan fingerprint density at radius 3 is 2.96 bits per heavy atom. The minimum Gasteiger partial charge on any atom is -0.484 e. The summed E-state index contributed by atoms with van der Waals surface area (Å²) in [5.74, 6) is 1.29. The third-order valence-corrected chi connectivity index (χ3v) is 5.31. The van der Waals surface area contributed by atoms with E-state index in [0.29, 0.717) is 18.1 Å². The van der Waals surface area contributed by atoms with E-state index in [1.165, 1.54) is 4.90 Å². The Hall–Kier alpha value is -2.44. The molecule has 0 radical (unpaired) electrons. The third-order valence-electron chi connectivity index (χ3n) is 5.31. The van der Waals surface area contributed by atoms with Gasteiger partial charge in [0.05, 0.1) is 6.54 Å². The van der Waals surface area contributed by atoms with Gasteiger partial charge in [0, 0.05) is 18.9 Å². The number of amides is 1. The van der Waals surface area contributed by atoms with Crippen LogP contribution in [0.4, 0.5) is 4.39 Å². The van der Waals surface area contributed by atoms with E-state index in [9.17, 15) is 4.79 Å². The molecule has 1 unspecified atom stereocenters. The Kier molecular flexibility index (Phi) is 4.38. The van der Waals surface area contributed by atoms with Crippen LogP contribution in [0.15, 0.2) is 28.8 Å². The number of alkyl halides is 1. The first-order valence-electron chi connectivity index (χ1n) is 9.04. The van der Waals surface area contributed by atoms with Gasteiger partial charge in [0.25, 0.3) is 11.8 Å². The number of rotatable bonds is 5. The average Bonchev–Trinajstić information content (AvgIpc) is 3.21. The summed E-state index contributed by atoms with van der Waals surface area (Å²) in [6.07, 6.45) is 3.37. The van der Waals surface area contributed by atoms with Crippen LogP contribution in [-0.4, -0.2) is 40.6 Å². The predicted octanol–water partition coefficient (Wildman–Crippen LogP) is 3.12. The van der Waals surface area contributed by atoms with E-state index in [4.69, 9.17) is 9.26 Å². The van der Waals surface area contributed by atoms with Gasteiger partial charge in [-0.1, -0.05) is 29.8 Å². The number of likely N-dealkylation sites (tertiary alicyclic amines) is 1. The van der Waals surface area contributed by atoms with Gasteiger partial charge in [-0.15, -0.1) is 0 Å². The normalized spacial score (nSPS) is 23.1. The first kappa shape index (κ1) is 17.0. The number of hydrogen-bond donors (Lipinski definition) is 0. The summed E-state index contributed by atoms with van der Waals surface area (Å²) >= 11 is 0. The fraction of sp³-hybridized carbons (Fsp3) is 0.526. The zero-order valence-electron chi connectivity index (χ0n) is 14.8. The van der Waals surface area contributed by atoms with Crippen molar-refractivity contribution in [2.45, 2.75) is 44.2 Å².